The van der Waals surface area contributed by atoms with Crippen LogP contribution in [0.4, 0.5) is 11.4 Å². The van der Waals surface area contributed by atoms with Crippen LogP contribution in [0.5, 0.6) is 0 Å². The second-order valence-corrected chi connectivity index (χ2v) is 8.26. The van der Waals surface area contributed by atoms with E-state index in [1.54, 1.807) is 0 Å². The van der Waals surface area contributed by atoms with Crippen LogP contribution in [0.1, 0.15) is 24.9 Å². The Morgan fingerprint density at radius 3 is 2.48 bits per heavy atom. The molecule has 3 aromatic rings. The van der Waals surface area contributed by atoms with E-state index in [9.17, 15) is 9.59 Å². The van der Waals surface area contributed by atoms with E-state index >= 15 is 0 Å². The number of nitrogens with one attached hydrogen (secondary N) is 2. The van der Waals surface area contributed by atoms with Crippen molar-refractivity contribution in [2.45, 2.75) is 19.4 Å². The van der Waals surface area contributed by atoms with Crippen LogP contribution in [0.15, 0.2) is 78.0 Å². The number of hydrogen-bond donors (Lipinski definition) is 2. The van der Waals surface area contributed by atoms with E-state index in [2.05, 4.69) is 34.9 Å². The molecule has 0 fully saturated rings. The predicted molar refractivity (Wildman–Crippen MR) is 122 cm³/mol. The third-order valence-corrected chi connectivity index (χ3v) is 6.36. The van der Waals surface area contributed by atoms with Crippen molar-refractivity contribution in [3.8, 4) is 0 Å². The first-order valence-electron chi connectivity index (χ1n) is 10.5. The standard InChI is InChI=1S/C26H24N2O3/c1-15-14-21-23(25(29)22(15)26(30)31-2)24(28-20-13-6-5-12-19(20)27-21)18-11-7-9-16-8-3-4-10-17(16)18/h3-13,15,22,24,27-28H,14H2,1-2H3. The van der Waals surface area contributed by atoms with Crippen molar-refractivity contribution >= 4 is 33.9 Å². The molecule has 0 aromatic heterocycles. The third-order valence-electron chi connectivity index (χ3n) is 6.36. The zero-order valence-electron chi connectivity index (χ0n) is 17.5. The Morgan fingerprint density at radius 2 is 1.68 bits per heavy atom. The SMILES string of the molecule is COC(=O)C1C(=O)C2=C(CC1C)Nc1ccccc1NC2c1cccc2ccccc12. The summed E-state index contributed by atoms with van der Waals surface area (Å²) in [6.07, 6.45) is 0.595. The Hall–Kier alpha value is -3.60. The van der Waals surface area contributed by atoms with Crippen molar-refractivity contribution in [1.82, 2.24) is 0 Å². The fraction of sp³-hybridized carbons (Fsp3) is 0.231. The third kappa shape index (κ3) is 3.17. The number of anilines is 2. The lowest BCUT2D eigenvalue weighted by Gasteiger charge is -2.32. The summed E-state index contributed by atoms with van der Waals surface area (Å²) in [5.74, 6) is -1.59. The molecule has 3 atom stereocenters. The smallest absolute Gasteiger partial charge is 0.316 e. The normalized spacial score (nSPS) is 22.6. The first kappa shape index (κ1) is 19.4. The minimum atomic E-state index is -0.800. The molecular weight excluding hydrogens is 388 g/mol. The number of carbonyl (C=O) groups is 2. The van der Waals surface area contributed by atoms with Gasteiger partial charge in [-0.15, -0.1) is 0 Å². The van der Waals surface area contributed by atoms with E-state index in [1.165, 1.54) is 7.11 Å². The van der Waals surface area contributed by atoms with Crippen LogP contribution in [0.2, 0.25) is 0 Å². The lowest BCUT2D eigenvalue weighted by molar-refractivity contribution is -0.151. The van der Waals surface area contributed by atoms with Gasteiger partial charge in [0.15, 0.2) is 5.78 Å². The van der Waals surface area contributed by atoms with Crippen molar-refractivity contribution in [2.24, 2.45) is 11.8 Å². The molecule has 0 radical (unpaired) electrons. The van der Waals surface area contributed by atoms with Crippen molar-refractivity contribution < 1.29 is 14.3 Å². The number of allylic oxidation sites excluding steroid dienone is 1. The molecule has 0 saturated heterocycles. The molecule has 31 heavy (non-hydrogen) atoms. The monoisotopic (exact) mass is 412 g/mol. The highest BCUT2D eigenvalue weighted by Gasteiger charge is 2.44. The van der Waals surface area contributed by atoms with E-state index < -0.39 is 11.9 Å². The number of esters is 1. The quantitative estimate of drug-likeness (QED) is 0.454. The molecule has 5 rings (SSSR count). The van der Waals surface area contributed by atoms with Crippen molar-refractivity contribution in [1.29, 1.82) is 0 Å². The number of methoxy groups -OCH3 is 1. The molecule has 2 N–H and O–H groups in total. The van der Waals surface area contributed by atoms with E-state index in [-0.39, 0.29) is 17.7 Å². The Morgan fingerprint density at radius 1 is 0.968 bits per heavy atom. The zero-order valence-corrected chi connectivity index (χ0v) is 17.5. The van der Waals surface area contributed by atoms with E-state index in [0.717, 1.165) is 33.4 Å². The topological polar surface area (TPSA) is 67.4 Å². The van der Waals surface area contributed by atoms with Gasteiger partial charge in [0.05, 0.1) is 24.5 Å². The van der Waals surface area contributed by atoms with E-state index in [4.69, 9.17) is 4.74 Å². The van der Waals surface area contributed by atoms with Crippen LogP contribution in [-0.4, -0.2) is 18.9 Å². The van der Waals surface area contributed by atoms with Gasteiger partial charge in [0.1, 0.15) is 5.92 Å². The van der Waals surface area contributed by atoms with Crippen LogP contribution in [0.3, 0.4) is 0 Å². The van der Waals surface area contributed by atoms with E-state index in [1.807, 2.05) is 49.4 Å². The molecule has 0 spiro atoms. The number of Topliss-reactive ketones (excluding diaryl/α,β-unsaturated/α-hetero) is 1. The van der Waals surface area contributed by atoms with Gasteiger partial charge in [0.2, 0.25) is 0 Å². The molecular formula is C26H24N2O3. The van der Waals surface area contributed by atoms with Gasteiger partial charge in [-0.05, 0) is 40.8 Å². The summed E-state index contributed by atoms with van der Waals surface area (Å²) in [4.78, 5) is 26.3. The maximum atomic E-state index is 13.8. The largest absolute Gasteiger partial charge is 0.468 e. The highest BCUT2D eigenvalue weighted by atomic mass is 16.5. The Kier molecular flexibility index (Phi) is 4.74. The molecule has 3 unspecified atom stereocenters. The lowest BCUT2D eigenvalue weighted by Crippen LogP contribution is -2.39. The molecule has 1 heterocycles. The van der Waals surface area contributed by atoms with Crippen molar-refractivity contribution in [3.05, 3.63) is 83.6 Å². The summed E-state index contributed by atoms with van der Waals surface area (Å²) in [6, 6.07) is 21.9. The molecule has 2 aliphatic rings. The minimum absolute atomic E-state index is 0.148. The Balaban J connectivity index is 1.74. The van der Waals surface area contributed by atoms with Crippen LogP contribution in [0.25, 0.3) is 10.8 Å². The second-order valence-electron chi connectivity index (χ2n) is 8.26. The summed E-state index contributed by atoms with van der Waals surface area (Å²) in [5, 5.41) is 9.27. The van der Waals surface area contributed by atoms with Gasteiger partial charge in [0, 0.05) is 11.3 Å². The maximum absolute atomic E-state index is 13.8. The average molecular weight is 412 g/mol. The molecule has 1 aliphatic heterocycles. The van der Waals surface area contributed by atoms with Crippen molar-refractivity contribution in [3.63, 3.8) is 0 Å². The highest BCUT2D eigenvalue weighted by molar-refractivity contribution is 6.12. The first-order valence-corrected chi connectivity index (χ1v) is 10.5. The molecule has 5 heteroatoms. The van der Waals surface area contributed by atoms with E-state index in [0.29, 0.717) is 12.0 Å². The fourth-order valence-corrected chi connectivity index (χ4v) is 4.87. The summed E-state index contributed by atoms with van der Waals surface area (Å²) in [6.45, 7) is 1.93. The number of fused-ring (bicyclic) bond motifs is 2. The Bertz CT molecular complexity index is 1220. The molecule has 156 valence electrons. The lowest BCUT2D eigenvalue weighted by atomic mass is 9.74. The number of hydrogen-bond acceptors (Lipinski definition) is 5. The van der Waals surface area contributed by atoms with Gasteiger partial charge in [-0.2, -0.15) is 0 Å². The molecule has 3 aromatic carbocycles. The highest BCUT2D eigenvalue weighted by Crippen LogP contribution is 2.44. The van der Waals surface area contributed by atoms with Gasteiger partial charge in [-0.3, -0.25) is 9.59 Å². The zero-order chi connectivity index (χ0) is 21.5. The molecule has 5 nitrogen and oxygen atoms in total. The number of ketones is 1. The average Bonchev–Trinajstić information content (AvgIpc) is 2.95. The van der Waals surface area contributed by atoms with Gasteiger partial charge >= 0.3 is 5.97 Å². The summed E-state index contributed by atoms with van der Waals surface area (Å²) >= 11 is 0. The number of rotatable bonds is 2. The second kappa shape index (κ2) is 7.58. The van der Waals surface area contributed by atoms with Crippen LogP contribution >= 0.6 is 0 Å². The summed E-state index contributed by atoms with van der Waals surface area (Å²) in [7, 11) is 1.34. The first-order chi connectivity index (χ1) is 15.1. The Labute approximate surface area is 181 Å². The van der Waals surface area contributed by atoms with Gasteiger partial charge in [-0.25, -0.2) is 0 Å². The summed E-state index contributed by atoms with van der Waals surface area (Å²) in [5.41, 5.74) is 4.34. The summed E-state index contributed by atoms with van der Waals surface area (Å²) < 4.78 is 4.99. The molecule has 0 saturated carbocycles. The number of para-hydroxylation sites is 2. The minimum Gasteiger partial charge on any atom is -0.468 e. The van der Waals surface area contributed by atoms with Crippen LogP contribution in [-0.2, 0) is 14.3 Å². The van der Waals surface area contributed by atoms with Crippen LogP contribution in [0, 0.1) is 11.8 Å². The van der Waals surface area contributed by atoms with Gasteiger partial charge in [0.25, 0.3) is 0 Å². The molecule has 0 bridgehead atoms. The van der Waals surface area contributed by atoms with Gasteiger partial charge < -0.3 is 15.4 Å². The molecule has 0 amide bonds. The maximum Gasteiger partial charge on any atom is 0.316 e. The van der Waals surface area contributed by atoms with Crippen LogP contribution < -0.4 is 10.6 Å². The number of carbonyl (C=O) groups excluding carboxylic acids is 2. The number of ether oxygens (including phenoxy) is 1. The fourth-order valence-electron chi connectivity index (χ4n) is 4.87. The van der Waals surface area contributed by atoms with Gasteiger partial charge in [-0.1, -0.05) is 61.5 Å². The molecule has 1 aliphatic carbocycles. The number of benzene rings is 3. The predicted octanol–water partition coefficient (Wildman–Crippen LogP) is 5.07. The van der Waals surface area contributed by atoms with Crippen molar-refractivity contribution in [2.75, 3.05) is 17.7 Å².